The number of carbonyl (C=O) groups excluding carboxylic acids is 12. The van der Waals surface area contributed by atoms with E-state index in [1.807, 2.05) is 126 Å². The van der Waals surface area contributed by atoms with Crippen LogP contribution in [0, 0.1) is 137 Å². The number of carbonyl (C=O) groups is 12. The fraction of sp³-hybridized carbons (Fsp3) is 0.776. The lowest BCUT2D eigenvalue weighted by Crippen LogP contribution is -2.64. The SMILES string of the molecule is C.C.C.C.CCOC=O.CN1CC[C@H]2C(C)(C)C(=O)C(C=O)C[C@]2(C)C1=O.CN1CC[C@H]2C(C)(C)C3(CC[C@]2(C)C1=O)OCCO3.CN1CC[C@H]2C(C)(C)C3(CC[C@]2(C)C1=O)OCCO3.CN1CC[C@H]2C(C)(C)c3oncc3C[C@]2(C)C1=O.[C-]#[N+]C1=C(O)C(C)(C)[C@@H]2CCN(C)C(=O)[C@@]2(C)C1.[C-]#[N+]C1=C[C@@]2(C)C(=O)N(C)CC[C@@H]2C(C)(C)C1=O.[C-]#[N+]C1=C[C@]2(C)C(=O)N(C)CC[C@H]2C(C)(C)C1=O. The third-order valence-electron chi connectivity index (χ3n) is 36.0. The molecule has 3 saturated carbocycles. The minimum Gasteiger partial charge on any atom is -0.523 e. The van der Waals surface area contributed by atoms with Crippen LogP contribution in [0.25, 0.3) is 14.5 Å². The average molecular weight is 1910 g/mol. The Morgan fingerprint density at radius 2 is 0.723 bits per heavy atom. The summed E-state index contributed by atoms with van der Waals surface area (Å²) < 4.78 is 33.6. The number of likely N-dealkylation sites (tertiary alicyclic amines) is 7. The highest BCUT2D eigenvalue weighted by molar-refractivity contribution is 6.06. The predicted molar refractivity (Wildman–Crippen MR) is 525 cm³/mol. The topological polar surface area (TPSA) is 333 Å². The smallest absolute Gasteiger partial charge is 0.293 e. The highest BCUT2D eigenvalue weighted by atomic mass is 16.7. The quantitative estimate of drug-likeness (QED) is 0.167. The van der Waals surface area contributed by atoms with E-state index in [-0.39, 0.29) is 150 Å². The van der Waals surface area contributed by atoms with Gasteiger partial charge in [-0.1, -0.05) is 179 Å². The zero-order chi connectivity index (χ0) is 99.9. The van der Waals surface area contributed by atoms with E-state index in [0.717, 1.165) is 115 Å². The molecule has 17 rings (SSSR count). The largest absolute Gasteiger partial charge is 0.523 e. The van der Waals surface area contributed by atoms with Gasteiger partial charge in [-0.3, -0.25) is 43.2 Å². The summed E-state index contributed by atoms with van der Waals surface area (Å²) in [6.07, 6.45) is 17.0. The van der Waals surface area contributed by atoms with E-state index >= 15 is 0 Å². The van der Waals surface area contributed by atoms with E-state index in [1.165, 1.54) is 0 Å². The van der Waals surface area contributed by atoms with Gasteiger partial charge >= 0.3 is 0 Å². The maximum Gasteiger partial charge on any atom is 0.293 e. The molecule has 1 aromatic rings. The van der Waals surface area contributed by atoms with Crippen molar-refractivity contribution >= 4 is 71.5 Å². The van der Waals surface area contributed by atoms with Crippen LogP contribution in [0.3, 0.4) is 0 Å². The number of aliphatic hydroxyl groups excluding tert-OH is 1. The normalized spacial score (nSPS) is 34.9. The van der Waals surface area contributed by atoms with Crippen molar-refractivity contribution in [2.24, 2.45) is 118 Å². The van der Waals surface area contributed by atoms with Crippen molar-refractivity contribution in [2.45, 2.75) is 289 Å². The molecule has 30 heteroatoms. The first-order valence-electron chi connectivity index (χ1n) is 47.9. The number of ether oxygens (including phenoxy) is 5. The number of aldehydes is 1. The lowest BCUT2D eigenvalue weighted by Gasteiger charge is -2.59. The molecular weight excluding hydrogens is 1740 g/mol. The maximum absolute atomic E-state index is 12.6. The molecule has 2 spiro atoms. The number of ketones is 3. The lowest BCUT2D eigenvalue weighted by molar-refractivity contribution is -0.285. The molecule has 0 radical (unpaired) electrons. The van der Waals surface area contributed by atoms with Crippen LogP contribution in [0.5, 0.6) is 0 Å². The molecule has 16 aliphatic rings. The van der Waals surface area contributed by atoms with Gasteiger partial charge in [-0.25, -0.2) is 14.5 Å². The number of aliphatic hydroxyl groups is 1. The molecule has 9 saturated heterocycles. The van der Waals surface area contributed by atoms with Gasteiger partial charge in [0.15, 0.2) is 23.1 Å². The first-order chi connectivity index (χ1) is 61.4. The molecule has 7 aliphatic carbocycles. The zero-order valence-corrected chi connectivity index (χ0v) is 85.1. The first kappa shape index (κ1) is 117. The molecule has 0 aromatic carbocycles. The second-order valence-electron chi connectivity index (χ2n) is 46.3. The van der Waals surface area contributed by atoms with Crippen LogP contribution in [0.2, 0.25) is 0 Å². The fourth-order valence-corrected chi connectivity index (χ4v) is 28.4. The lowest BCUT2D eigenvalue weighted by atomic mass is 9.51. The Labute approximate surface area is 819 Å². The van der Waals surface area contributed by atoms with Crippen molar-refractivity contribution in [1.82, 2.24) is 39.5 Å². The summed E-state index contributed by atoms with van der Waals surface area (Å²) in [6.45, 7) is 74.4. The molecule has 30 nitrogen and oxygen atoms in total. The van der Waals surface area contributed by atoms with Gasteiger partial charge in [0.05, 0.1) is 97.4 Å². The second kappa shape index (κ2) is 41.3. The molecule has 9 aliphatic heterocycles. The van der Waals surface area contributed by atoms with Crippen LogP contribution < -0.4 is 0 Å². The number of aromatic nitrogens is 1. The summed E-state index contributed by atoms with van der Waals surface area (Å²) >= 11 is 0. The number of Topliss-reactive ketones (excluding diaryl/α,β-unsaturated/α-hetero) is 3. The Morgan fingerprint density at radius 3 is 1.05 bits per heavy atom. The third kappa shape index (κ3) is 19.3. The van der Waals surface area contributed by atoms with Crippen molar-refractivity contribution in [3.63, 3.8) is 0 Å². The van der Waals surface area contributed by atoms with Crippen molar-refractivity contribution in [2.75, 3.05) is 128 Å². The number of fused-ring (bicyclic) bond motifs is 8. The van der Waals surface area contributed by atoms with E-state index in [1.54, 1.807) is 66.0 Å². The minimum atomic E-state index is -0.718. The van der Waals surface area contributed by atoms with Crippen LogP contribution in [0.15, 0.2) is 45.7 Å². The Kier molecular flexibility index (Phi) is 35.2. The van der Waals surface area contributed by atoms with E-state index < -0.39 is 60.8 Å². The van der Waals surface area contributed by atoms with Crippen molar-refractivity contribution in [3.05, 3.63) is 86.8 Å². The molecule has 1 aromatic heterocycles. The molecule has 766 valence electrons. The molecule has 12 fully saturated rings. The minimum absolute atomic E-state index is 0. The number of allylic oxidation sites excluding steroid dienone is 4. The predicted octanol–water partition coefficient (Wildman–Crippen LogP) is 16.4. The van der Waals surface area contributed by atoms with Gasteiger partial charge < -0.3 is 82.0 Å². The van der Waals surface area contributed by atoms with Crippen molar-refractivity contribution in [1.29, 1.82) is 0 Å². The van der Waals surface area contributed by atoms with Crippen LogP contribution in [0.4, 0.5) is 0 Å². The molecule has 15 atom stereocenters. The molecular formula is C107H169N11O19. The van der Waals surface area contributed by atoms with E-state index in [2.05, 4.69) is 86.7 Å². The Bertz CT molecular complexity index is 4790. The number of hydrogen-bond donors (Lipinski definition) is 1. The standard InChI is InChI=1S/2C15H25NO3.2C14H20N2O2.2C14H18N2O2.C14H21NO3.C3H6O2.4CH4/c2*1-13(2)11-5-8-16(4)12(17)14(11,3)6-7-15(13)18-9-10-19-15;1-13(2)10-5-6-16(4)12(17)14(10,3)7-9-8-15-18-11(9)13;3*1-13(2)10-6-7-16(5)12(18)14(10,3)8-9(15-4)11(13)17;1-13(2)10-5-6-15(4)12(18)14(10,3)7-9(8-16)11(13)17;1-2-5-3-4;;;;/h2*11H,5-10H2,1-4H3;8,10H,5-7H2,1-4H3;10,17H,6-8H2,1-3,5H3;2*8,10H,6-7H2,1-3,5H3;8-10H,5-7H2,1-4H3;3H,2H2,1H3;4*1H4/t2*11-,14-;4*10-,14-;9?,10-,14-;;;;;/m0000100...../s1. The Balaban J connectivity index is 0.000000242. The number of amides is 7. The monoisotopic (exact) mass is 1910 g/mol. The highest BCUT2D eigenvalue weighted by Crippen LogP contribution is 2.66. The highest BCUT2D eigenvalue weighted by Gasteiger charge is 2.69. The number of piperidine rings is 7. The summed E-state index contributed by atoms with van der Waals surface area (Å²) in [5.74, 6) is 1.47. The van der Waals surface area contributed by atoms with Gasteiger partial charge in [0.1, 0.15) is 23.6 Å². The van der Waals surface area contributed by atoms with E-state index in [4.69, 9.17) is 43.2 Å². The van der Waals surface area contributed by atoms with Crippen LogP contribution in [0.1, 0.15) is 277 Å². The molecule has 137 heavy (non-hydrogen) atoms. The van der Waals surface area contributed by atoms with Crippen LogP contribution in [-0.4, -0.2) is 256 Å². The third-order valence-corrected chi connectivity index (χ3v) is 36.0. The first-order valence-corrected chi connectivity index (χ1v) is 47.9. The Morgan fingerprint density at radius 1 is 0.409 bits per heavy atom. The van der Waals surface area contributed by atoms with Gasteiger partial charge in [-0.2, -0.15) is 0 Å². The molecule has 1 N–H and O–H groups in total. The van der Waals surface area contributed by atoms with Gasteiger partial charge in [0, 0.05) is 157 Å². The summed E-state index contributed by atoms with van der Waals surface area (Å²) in [6, 6.07) is 0. The van der Waals surface area contributed by atoms with Gasteiger partial charge in [-0.15, -0.1) is 0 Å². The van der Waals surface area contributed by atoms with Crippen molar-refractivity contribution < 1.29 is 90.8 Å². The van der Waals surface area contributed by atoms with E-state index in [9.17, 15) is 62.6 Å². The van der Waals surface area contributed by atoms with Crippen molar-refractivity contribution in [3.8, 4) is 0 Å². The van der Waals surface area contributed by atoms with Gasteiger partial charge in [0.2, 0.25) is 58.4 Å². The van der Waals surface area contributed by atoms with Gasteiger partial charge in [-0.05, 0) is 139 Å². The molecule has 1 unspecified atom stereocenters. The summed E-state index contributed by atoms with van der Waals surface area (Å²) in [4.78, 5) is 167. The van der Waals surface area contributed by atoms with E-state index in [0.29, 0.717) is 114 Å². The second-order valence-corrected chi connectivity index (χ2v) is 46.3. The maximum atomic E-state index is 12.6. The summed E-state index contributed by atoms with van der Waals surface area (Å²) in [5, 5.41) is 14.2. The Hall–Kier alpha value is -9.02. The van der Waals surface area contributed by atoms with Gasteiger partial charge in [0.25, 0.3) is 6.47 Å². The molecule has 10 heterocycles. The molecule has 7 amide bonds. The zero-order valence-electron chi connectivity index (χ0n) is 85.1. The summed E-state index contributed by atoms with van der Waals surface area (Å²) in [7, 11) is 12.9. The molecule has 0 bridgehead atoms. The van der Waals surface area contributed by atoms with Crippen LogP contribution >= 0.6 is 0 Å². The number of nitrogens with zero attached hydrogens (tertiary/aromatic N) is 11. The summed E-state index contributed by atoms with van der Waals surface area (Å²) in [5.41, 5.74) is -4.41. The number of hydrogen-bond acceptors (Lipinski definition) is 20. The average Bonchev–Trinajstić information content (AvgIpc) is 1.68. The van der Waals surface area contributed by atoms with Crippen LogP contribution in [-0.2, 0) is 93.1 Å². The fourth-order valence-electron chi connectivity index (χ4n) is 28.4. The number of rotatable bonds is 3.